The molecule has 8 heteroatoms. The third-order valence-electron chi connectivity index (χ3n) is 5.68. The Balaban J connectivity index is 1.30. The summed E-state index contributed by atoms with van der Waals surface area (Å²) in [6.07, 6.45) is 7.40. The monoisotopic (exact) mass is 397 g/mol. The highest BCUT2D eigenvalue weighted by Gasteiger charge is 2.24. The van der Waals surface area contributed by atoms with Gasteiger partial charge in [-0.05, 0) is 49.8 Å². The summed E-state index contributed by atoms with van der Waals surface area (Å²) >= 11 is 0. The van der Waals surface area contributed by atoms with Crippen molar-refractivity contribution >= 4 is 6.03 Å². The quantitative estimate of drug-likeness (QED) is 0.832. The van der Waals surface area contributed by atoms with Crippen LogP contribution in [0.15, 0.2) is 41.5 Å². The summed E-state index contributed by atoms with van der Waals surface area (Å²) in [6.45, 7) is 3.34. The second-order valence-electron chi connectivity index (χ2n) is 7.73. The minimum Gasteiger partial charge on any atom is -0.376 e. The van der Waals surface area contributed by atoms with Crippen molar-refractivity contribution in [1.82, 2.24) is 25.0 Å². The third-order valence-corrected chi connectivity index (χ3v) is 5.68. The fourth-order valence-corrected chi connectivity index (χ4v) is 3.94. The molecule has 4 heterocycles. The minimum absolute atomic E-state index is 0.0195. The van der Waals surface area contributed by atoms with Crippen LogP contribution in [-0.2, 0) is 11.3 Å². The normalized spacial score (nSPS) is 20.0. The van der Waals surface area contributed by atoms with Crippen molar-refractivity contribution in [3.8, 4) is 11.3 Å². The van der Waals surface area contributed by atoms with Crippen molar-refractivity contribution < 1.29 is 9.53 Å². The van der Waals surface area contributed by atoms with E-state index >= 15 is 0 Å². The summed E-state index contributed by atoms with van der Waals surface area (Å²) in [4.78, 5) is 30.5. The van der Waals surface area contributed by atoms with E-state index in [0.29, 0.717) is 32.1 Å². The molecule has 2 amide bonds. The summed E-state index contributed by atoms with van der Waals surface area (Å²) in [6, 6.07) is 7.05. The first kappa shape index (κ1) is 19.6. The number of hydrogen-bond donors (Lipinski definition) is 1. The number of carbonyl (C=O) groups excluding carboxylic acids is 1. The highest BCUT2D eigenvalue weighted by Crippen LogP contribution is 2.20. The number of carbonyl (C=O) groups is 1. The zero-order valence-electron chi connectivity index (χ0n) is 16.5. The largest absolute Gasteiger partial charge is 0.376 e. The Morgan fingerprint density at radius 1 is 1.14 bits per heavy atom. The van der Waals surface area contributed by atoms with Crippen molar-refractivity contribution in [1.29, 1.82) is 0 Å². The maximum Gasteiger partial charge on any atom is 0.317 e. The SMILES string of the molecule is O=C(NCC1CCCO1)N1CCC(Cn2nc(-c3ccncc3)ccc2=O)CC1. The number of likely N-dealkylation sites (tertiary alicyclic amines) is 1. The van der Waals surface area contributed by atoms with Crippen LogP contribution < -0.4 is 10.9 Å². The number of nitrogens with one attached hydrogen (secondary N) is 1. The van der Waals surface area contributed by atoms with Crippen molar-refractivity contribution in [2.75, 3.05) is 26.2 Å². The summed E-state index contributed by atoms with van der Waals surface area (Å²) in [5.74, 6) is 0.329. The topological polar surface area (TPSA) is 89.3 Å². The molecule has 2 saturated heterocycles. The van der Waals surface area contributed by atoms with Crippen LogP contribution >= 0.6 is 0 Å². The number of urea groups is 1. The molecule has 154 valence electrons. The van der Waals surface area contributed by atoms with Crippen LogP contribution in [-0.4, -0.2) is 58.0 Å². The molecule has 2 aliphatic heterocycles. The van der Waals surface area contributed by atoms with Crippen molar-refractivity contribution in [3.05, 3.63) is 47.0 Å². The molecule has 2 aliphatic rings. The smallest absolute Gasteiger partial charge is 0.317 e. The zero-order chi connectivity index (χ0) is 20.1. The molecule has 1 atom stereocenters. The van der Waals surface area contributed by atoms with Gasteiger partial charge in [0.05, 0.1) is 11.8 Å². The summed E-state index contributed by atoms with van der Waals surface area (Å²) in [5, 5.41) is 7.52. The Morgan fingerprint density at radius 3 is 2.66 bits per heavy atom. The third kappa shape index (κ3) is 5.00. The van der Waals surface area contributed by atoms with Crippen LogP contribution in [0.1, 0.15) is 25.7 Å². The van der Waals surface area contributed by atoms with Crippen molar-refractivity contribution in [2.24, 2.45) is 5.92 Å². The molecule has 0 aromatic carbocycles. The maximum atomic E-state index is 12.4. The van der Waals surface area contributed by atoms with Gasteiger partial charge < -0.3 is 15.0 Å². The Morgan fingerprint density at radius 2 is 1.93 bits per heavy atom. The standard InChI is InChI=1S/C21H27N5O3/c27-20-4-3-19(17-5-9-22-10-6-17)24-26(20)15-16-7-11-25(12-8-16)21(28)23-14-18-2-1-13-29-18/h3-6,9-10,16,18H,1-2,7-8,11-15H2,(H,23,28). The van der Waals surface area contributed by atoms with E-state index in [1.165, 1.54) is 0 Å². The van der Waals surface area contributed by atoms with Crippen LogP contribution in [0.5, 0.6) is 0 Å². The van der Waals surface area contributed by atoms with E-state index in [0.717, 1.165) is 43.5 Å². The number of aromatic nitrogens is 3. The van der Waals surface area contributed by atoms with Gasteiger partial charge in [-0.2, -0.15) is 5.10 Å². The second-order valence-corrected chi connectivity index (χ2v) is 7.73. The lowest BCUT2D eigenvalue weighted by atomic mass is 9.97. The number of hydrogen-bond acceptors (Lipinski definition) is 5. The van der Waals surface area contributed by atoms with Gasteiger partial charge in [-0.25, -0.2) is 9.48 Å². The van der Waals surface area contributed by atoms with E-state index in [-0.39, 0.29) is 17.7 Å². The molecule has 8 nitrogen and oxygen atoms in total. The molecule has 1 unspecified atom stereocenters. The molecular weight excluding hydrogens is 370 g/mol. The van der Waals surface area contributed by atoms with E-state index in [1.807, 2.05) is 17.0 Å². The van der Waals surface area contributed by atoms with Gasteiger partial charge in [-0.15, -0.1) is 0 Å². The van der Waals surface area contributed by atoms with Gasteiger partial charge in [0.25, 0.3) is 5.56 Å². The summed E-state index contributed by atoms with van der Waals surface area (Å²) < 4.78 is 7.10. The molecule has 2 aromatic heterocycles. The van der Waals surface area contributed by atoms with Gasteiger partial charge in [0.1, 0.15) is 0 Å². The fraction of sp³-hybridized carbons (Fsp3) is 0.524. The predicted octanol–water partition coefficient (Wildman–Crippen LogP) is 1.91. The number of rotatable bonds is 5. The first-order valence-electron chi connectivity index (χ1n) is 10.3. The zero-order valence-corrected chi connectivity index (χ0v) is 16.5. The fourth-order valence-electron chi connectivity index (χ4n) is 3.94. The molecule has 2 fully saturated rings. The molecular formula is C21H27N5O3. The van der Waals surface area contributed by atoms with Gasteiger partial charge in [0.2, 0.25) is 0 Å². The number of ether oxygens (including phenoxy) is 1. The Kier molecular flexibility index (Phi) is 6.19. The Bertz CT molecular complexity index is 871. The Hall–Kier alpha value is -2.74. The average Bonchev–Trinajstić information content (AvgIpc) is 3.28. The summed E-state index contributed by atoms with van der Waals surface area (Å²) in [7, 11) is 0. The number of piperidine rings is 1. The molecule has 29 heavy (non-hydrogen) atoms. The lowest BCUT2D eigenvalue weighted by Gasteiger charge is -2.32. The predicted molar refractivity (Wildman–Crippen MR) is 108 cm³/mol. The van der Waals surface area contributed by atoms with Crippen LogP contribution in [0.3, 0.4) is 0 Å². The molecule has 1 N–H and O–H groups in total. The van der Waals surface area contributed by atoms with Crippen LogP contribution in [0.2, 0.25) is 0 Å². The van der Waals surface area contributed by atoms with Crippen LogP contribution in [0.4, 0.5) is 4.79 Å². The van der Waals surface area contributed by atoms with Gasteiger partial charge in [-0.3, -0.25) is 9.78 Å². The second kappa shape index (κ2) is 9.17. The summed E-state index contributed by atoms with van der Waals surface area (Å²) in [5.41, 5.74) is 1.60. The van der Waals surface area contributed by atoms with E-state index in [9.17, 15) is 9.59 Å². The van der Waals surface area contributed by atoms with Gasteiger partial charge >= 0.3 is 6.03 Å². The number of amides is 2. The van der Waals surface area contributed by atoms with E-state index < -0.39 is 0 Å². The maximum absolute atomic E-state index is 12.4. The molecule has 4 rings (SSSR count). The van der Waals surface area contributed by atoms with Gasteiger partial charge in [0.15, 0.2) is 0 Å². The molecule has 0 radical (unpaired) electrons. The number of nitrogens with zero attached hydrogens (tertiary/aromatic N) is 4. The minimum atomic E-state index is -0.0976. The van der Waals surface area contributed by atoms with Crippen LogP contribution in [0.25, 0.3) is 11.3 Å². The van der Waals surface area contributed by atoms with Gasteiger partial charge in [-0.1, -0.05) is 0 Å². The first-order chi connectivity index (χ1) is 14.2. The van der Waals surface area contributed by atoms with Gasteiger partial charge in [0, 0.05) is 56.8 Å². The van der Waals surface area contributed by atoms with Crippen molar-refractivity contribution in [2.45, 2.75) is 38.3 Å². The molecule has 0 bridgehead atoms. The van der Waals surface area contributed by atoms with Crippen LogP contribution in [0, 0.1) is 5.92 Å². The average molecular weight is 397 g/mol. The highest BCUT2D eigenvalue weighted by molar-refractivity contribution is 5.74. The molecule has 2 aromatic rings. The first-order valence-corrected chi connectivity index (χ1v) is 10.3. The molecule has 0 spiro atoms. The van der Waals surface area contributed by atoms with E-state index in [4.69, 9.17) is 4.74 Å². The van der Waals surface area contributed by atoms with E-state index in [1.54, 1.807) is 29.2 Å². The number of pyridine rings is 1. The van der Waals surface area contributed by atoms with Crippen molar-refractivity contribution in [3.63, 3.8) is 0 Å². The molecule has 0 saturated carbocycles. The lowest BCUT2D eigenvalue weighted by molar-refractivity contribution is 0.107. The Labute approximate surface area is 169 Å². The molecule has 0 aliphatic carbocycles. The highest BCUT2D eigenvalue weighted by atomic mass is 16.5. The van der Waals surface area contributed by atoms with E-state index in [2.05, 4.69) is 15.4 Å². The lowest BCUT2D eigenvalue weighted by Crippen LogP contribution is -2.47.